The minimum Gasteiger partial charge on any atom is -0.301 e. The number of benzene rings is 1. The van der Waals surface area contributed by atoms with Gasteiger partial charge in [0.15, 0.2) is 9.47 Å². The van der Waals surface area contributed by atoms with Crippen LogP contribution in [0.2, 0.25) is 0 Å². The van der Waals surface area contributed by atoms with Crippen LogP contribution in [0.15, 0.2) is 34.1 Å². The van der Waals surface area contributed by atoms with Crippen LogP contribution in [0.3, 0.4) is 0 Å². The summed E-state index contributed by atoms with van der Waals surface area (Å²) in [6, 6.07) is 5.65. The molecule has 0 aliphatic rings. The van der Waals surface area contributed by atoms with Crippen LogP contribution >= 0.6 is 34.4 Å². The molecule has 0 spiro atoms. The van der Waals surface area contributed by atoms with Crippen LogP contribution in [0.4, 0.5) is 10.3 Å². The van der Waals surface area contributed by atoms with E-state index in [-0.39, 0.29) is 17.6 Å². The van der Waals surface area contributed by atoms with Crippen molar-refractivity contribution in [3.05, 3.63) is 46.5 Å². The number of carbonyl (C=O) groups is 2. The molecule has 7 nitrogen and oxygen atoms in total. The summed E-state index contributed by atoms with van der Waals surface area (Å²) in [6.45, 7) is 3.89. The molecule has 0 unspecified atom stereocenters. The Morgan fingerprint density at radius 2 is 1.85 bits per heavy atom. The zero-order valence-electron chi connectivity index (χ0n) is 14.0. The van der Waals surface area contributed by atoms with Crippen molar-refractivity contribution in [2.24, 2.45) is 0 Å². The Balaban J connectivity index is 1.54. The standard InChI is InChI=1S/C16H15N5O2S3/c1-9-5-10(2)7-11(6-9)13(23)19-15-20-21-16(26-15)25-8-12(22)18-14-17-3-4-24-14/h3-7H,8H2,1-2H3,(H,17,18,22)(H,19,20,23). The lowest BCUT2D eigenvalue weighted by molar-refractivity contribution is -0.113. The molecule has 134 valence electrons. The summed E-state index contributed by atoms with van der Waals surface area (Å²) in [5, 5.41) is 16.1. The first-order valence-corrected chi connectivity index (χ1v) is 10.2. The molecule has 0 saturated carbocycles. The molecule has 0 atom stereocenters. The normalized spacial score (nSPS) is 10.5. The maximum absolute atomic E-state index is 12.3. The predicted octanol–water partition coefficient (Wildman–Crippen LogP) is 3.59. The summed E-state index contributed by atoms with van der Waals surface area (Å²) < 4.78 is 0.606. The summed E-state index contributed by atoms with van der Waals surface area (Å²) in [5.74, 6) is -0.203. The molecule has 2 heterocycles. The van der Waals surface area contributed by atoms with Gasteiger partial charge in [-0.1, -0.05) is 40.3 Å². The van der Waals surface area contributed by atoms with Gasteiger partial charge in [-0.3, -0.25) is 14.9 Å². The Morgan fingerprint density at radius 3 is 2.54 bits per heavy atom. The molecule has 2 amide bonds. The minimum atomic E-state index is -0.231. The second-order valence-corrected chi connectivity index (χ2v) is 8.47. The van der Waals surface area contributed by atoms with Crippen molar-refractivity contribution >= 4 is 56.5 Å². The topological polar surface area (TPSA) is 96.9 Å². The first kappa shape index (κ1) is 18.5. The maximum atomic E-state index is 12.3. The predicted molar refractivity (Wildman–Crippen MR) is 105 cm³/mol. The van der Waals surface area contributed by atoms with E-state index in [1.54, 1.807) is 11.6 Å². The Kier molecular flexibility index (Phi) is 5.96. The first-order chi connectivity index (χ1) is 12.5. The monoisotopic (exact) mass is 405 g/mol. The molecule has 0 fully saturated rings. The number of anilines is 2. The molecule has 0 aliphatic heterocycles. The molecule has 1 aromatic carbocycles. The van der Waals surface area contributed by atoms with Gasteiger partial charge in [0.05, 0.1) is 5.75 Å². The van der Waals surface area contributed by atoms with E-state index >= 15 is 0 Å². The average molecular weight is 406 g/mol. The van der Waals surface area contributed by atoms with E-state index in [1.807, 2.05) is 32.0 Å². The summed E-state index contributed by atoms with van der Waals surface area (Å²) >= 11 is 3.85. The number of thiazole rings is 1. The Morgan fingerprint density at radius 1 is 1.08 bits per heavy atom. The molecule has 10 heteroatoms. The highest BCUT2D eigenvalue weighted by atomic mass is 32.2. The lowest BCUT2D eigenvalue weighted by Gasteiger charge is -2.04. The third-order valence-electron chi connectivity index (χ3n) is 3.12. The fourth-order valence-corrected chi connectivity index (χ4v) is 4.25. The molecule has 0 bridgehead atoms. The van der Waals surface area contributed by atoms with Gasteiger partial charge in [-0.05, 0) is 26.0 Å². The molecule has 2 N–H and O–H groups in total. The molecule has 3 aromatic rings. The van der Waals surface area contributed by atoms with E-state index in [0.717, 1.165) is 11.1 Å². The summed E-state index contributed by atoms with van der Waals surface area (Å²) in [7, 11) is 0. The van der Waals surface area contributed by atoms with E-state index in [9.17, 15) is 9.59 Å². The number of thioether (sulfide) groups is 1. The third-order valence-corrected chi connectivity index (χ3v) is 5.78. The SMILES string of the molecule is Cc1cc(C)cc(C(=O)Nc2nnc(SCC(=O)Nc3nccs3)s2)c1. The van der Waals surface area contributed by atoms with Crippen molar-refractivity contribution in [1.82, 2.24) is 15.2 Å². The van der Waals surface area contributed by atoms with Crippen LogP contribution in [0.1, 0.15) is 21.5 Å². The van der Waals surface area contributed by atoms with Gasteiger partial charge in [0.25, 0.3) is 5.91 Å². The summed E-state index contributed by atoms with van der Waals surface area (Å²) in [6.07, 6.45) is 1.63. The van der Waals surface area contributed by atoms with E-state index < -0.39 is 0 Å². The lowest BCUT2D eigenvalue weighted by Crippen LogP contribution is -2.13. The van der Waals surface area contributed by atoms with Gasteiger partial charge in [0.2, 0.25) is 11.0 Å². The first-order valence-electron chi connectivity index (χ1n) is 7.55. The number of hydrogen-bond acceptors (Lipinski definition) is 8. The van der Waals surface area contributed by atoms with E-state index in [0.29, 0.717) is 20.2 Å². The number of rotatable bonds is 6. The quantitative estimate of drug-likeness (QED) is 0.480. The molecular weight excluding hydrogens is 390 g/mol. The molecule has 3 rings (SSSR count). The Hall–Kier alpha value is -2.30. The molecule has 0 radical (unpaired) electrons. The molecule has 0 aliphatic carbocycles. The zero-order chi connectivity index (χ0) is 18.5. The van der Waals surface area contributed by atoms with Crippen molar-refractivity contribution in [1.29, 1.82) is 0 Å². The fraction of sp³-hybridized carbons (Fsp3) is 0.188. The van der Waals surface area contributed by atoms with Crippen LogP contribution in [0.5, 0.6) is 0 Å². The number of amides is 2. The number of hydrogen-bond donors (Lipinski definition) is 2. The van der Waals surface area contributed by atoms with Crippen molar-refractivity contribution in [3.8, 4) is 0 Å². The van der Waals surface area contributed by atoms with Gasteiger partial charge >= 0.3 is 0 Å². The van der Waals surface area contributed by atoms with Crippen LogP contribution in [-0.4, -0.2) is 32.7 Å². The molecule has 2 aromatic heterocycles. The van der Waals surface area contributed by atoms with Crippen molar-refractivity contribution in [2.45, 2.75) is 18.2 Å². The van der Waals surface area contributed by atoms with Crippen LogP contribution in [-0.2, 0) is 4.79 Å². The Labute approximate surface area is 162 Å². The highest BCUT2D eigenvalue weighted by Crippen LogP contribution is 2.26. The van der Waals surface area contributed by atoms with Crippen molar-refractivity contribution in [2.75, 3.05) is 16.4 Å². The smallest absolute Gasteiger partial charge is 0.257 e. The second kappa shape index (κ2) is 8.39. The molecule has 0 saturated heterocycles. The second-order valence-electron chi connectivity index (χ2n) is 5.38. The largest absolute Gasteiger partial charge is 0.301 e. The Bertz CT molecular complexity index is 904. The van der Waals surface area contributed by atoms with E-state index in [1.165, 1.54) is 34.4 Å². The molecular formula is C16H15N5O2S3. The van der Waals surface area contributed by atoms with Crippen LogP contribution in [0, 0.1) is 13.8 Å². The number of aryl methyl sites for hydroxylation is 2. The van der Waals surface area contributed by atoms with Crippen molar-refractivity contribution in [3.63, 3.8) is 0 Å². The lowest BCUT2D eigenvalue weighted by atomic mass is 10.1. The van der Waals surface area contributed by atoms with E-state index in [4.69, 9.17) is 0 Å². The molecule has 26 heavy (non-hydrogen) atoms. The van der Waals surface area contributed by atoms with Gasteiger partial charge in [-0.15, -0.1) is 21.5 Å². The summed E-state index contributed by atoms with van der Waals surface area (Å²) in [5.41, 5.74) is 2.62. The van der Waals surface area contributed by atoms with Crippen LogP contribution in [0.25, 0.3) is 0 Å². The minimum absolute atomic E-state index is 0.166. The third kappa shape index (κ3) is 5.10. The van der Waals surface area contributed by atoms with Gasteiger partial charge in [-0.25, -0.2) is 4.98 Å². The van der Waals surface area contributed by atoms with E-state index in [2.05, 4.69) is 25.8 Å². The number of nitrogens with one attached hydrogen (secondary N) is 2. The fourth-order valence-electron chi connectivity index (χ4n) is 2.16. The van der Waals surface area contributed by atoms with Crippen LogP contribution < -0.4 is 10.6 Å². The van der Waals surface area contributed by atoms with Gasteiger partial charge in [0.1, 0.15) is 0 Å². The van der Waals surface area contributed by atoms with Crippen molar-refractivity contribution < 1.29 is 9.59 Å². The maximum Gasteiger partial charge on any atom is 0.257 e. The number of carbonyl (C=O) groups excluding carboxylic acids is 2. The zero-order valence-corrected chi connectivity index (χ0v) is 16.4. The van der Waals surface area contributed by atoms with Gasteiger partial charge in [-0.2, -0.15) is 0 Å². The highest BCUT2D eigenvalue weighted by molar-refractivity contribution is 8.01. The number of nitrogens with zero attached hydrogens (tertiary/aromatic N) is 3. The average Bonchev–Trinajstić information content (AvgIpc) is 3.24. The van der Waals surface area contributed by atoms with Gasteiger partial charge < -0.3 is 5.32 Å². The van der Waals surface area contributed by atoms with Gasteiger partial charge in [0, 0.05) is 17.1 Å². The highest BCUT2D eigenvalue weighted by Gasteiger charge is 2.13. The summed E-state index contributed by atoms with van der Waals surface area (Å²) in [4.78, 5) is 28.2. The number of aromatic nitrogens is 3.